The number of carbonyl (C=O) groups is 2. The number of nitro benzene ring substituents is 1. The van der Waals surface area contributed by atoms with Gasteiger partial charge in [0.15, 0.2) is 0 Å². The molecule has 0 saturated heterocycles. The number of carbonyl (C=O) groups excluding carboxylic acids is 2. The molecule has 2 amide bonds. The maximum absolute atomic E-state index is 12.4. The summed E-state index contributed by atoms with van der Waals surface area (Å²) in [6.07, 6.45) is 3.27. The Hall–Kier alpha value is -3.48. The third kappa shape index (κ3) is 6.05. The van der Waals surface area contributed by atoms with Crippen molar-refractivity contribution in [1.29, 1.82) is 0 Å². The number of hydrogen-bond acceptors (Lipinski definition) is 4. The first-order valence-electron chi connectivity index (χ1n) is 8.89. The maximum atomic E-state index is 12.4. The summed E-state index contributed by atoms with van der Waals surface area (Å²) in [6.45, 7) is 2.01. The van der Waals surface area contributed by atoms with Gasteiger partial charge in [0.1, 0.15) is 0 Å². The van der Waals surface area contributed by atoms with Crippen LogP contribution in [0.1, 0.15) is 30.5 Å². The molecule has 7 nitrogen and oxygen atoms in total. The molecule has 0 saturated carbocycles. The Bertz CT molecular complexity index is 865. The van der Waals surface area contributed by atoms with Gasteiger partial charge in [-0.25, -0.2) is 0 Å². The molecule has 0 aliphatic heterocycles. The smallest absolute Gasteiger partial charge is 0.269 e. The lowest BCUT2D eigenvalue weighted by Gasteiger charge is -2.25. The zero-order chi connectivity index (χ0) is 20.5. The Morgan fingerprint density at radius 3 is 2.57 bits per heavy atom. The van der Waals surface area contributed by atoms with Crippen molar-refractivity contribution >= 4 is 23.6 Å². The molecule has 2 aromatic carbocycles. The van der Waals surface area contributed by atoms with Gasteiger partial charge in [-0.3, -0.25) is 19.7 Å². The fourth-order valence-electron chi connectivity index (χ4n) is 2.60. The second-order valence-corrected chi connectivity index (χ2v) is 6.32. The molecular formula is C21H23N3O4. The predicted molar refractivity (Wildman–Crippen MR) is 107 cm³/mol. The highest BCUT2D eigenvalue weighted by atomic mass is 16.6. The van der Waals surface area contributed by atoms with Crippen LogP contribution in [0.15, 0.2) is 60.7 Å². The van der Waals surface area contributed by atoms with Gasteiger partial charge in [0, 0.05) is 38.2 Å². The second kappa shape index (κ2) is 10.0. The Morgan fingerprint density at radius 1 is 1.18 bits per heavy atom. The molecule has 0 aliphatic carbocycles. The molecule has 1 N–H and O–H groups in total. The summed E-state index contributed by atoms with van der Waals surface area (Å²) in [5.41, 5.74) is 1.58. The summed E-state index contributed by atoms with van der Waals surface area (Å²) in [4.78, 5) is 36.2. The molecule has 2 aromatic rings. The Balaban J connectivity index is 1.83. The summed E-state index contributed by atoms with van der Waals surface area (Å²) in [6, 6.07) is 15.3. The van der Waals surface area contributed by atoms with E-state index < -0.39 is 4.92 Å². The van der Waals surface area contributed by atoms with Crippen LogP contribution in [0.2, 0.25) is 0 Å². The molecule has 7 heteroatoms. The number of non-ortho nitro benzene ring substituents is 1. The van der Waals surface area contributed by atoms with Gasteiger partial charge in [-0.2, -0.15) is 0 Å². The largest absolute Gasteiger partial charge is 0.352 e. The number of benzene rings is 2. The van der Waals surface area contributed by atoms with Gasteiger partial charge in [0.05, 0.1) is 11.0 Å². The normalized spacial score (nSPS) is 11.8. The molecule has 0 heterocycles. The Labute approximate surface area is 163 Å². The van der Waals surface area contributed by atoms with E-state index in [1.165, 1.54) is 23.1 Å². The number of nitrogens with one attached hydrogen (secondary N) is 1. The van der Waals surface area contributed by atoms with Crippen molar-refractivity contribution in [3.63, 3.8) is 0 Å². The average Bonchev–Trinajstić information content (AvgIpc) is 2.71. The van der Waals surface area contributed by atoms with Crippen LogP contribution in [-0.2, 0) is 9.59 Å². The summed E-state index contributed by atoms with van der Waals surface area (Å²) in [5, 5.41) is 13.6. The van der Waals surface area contributed by atoms with Crippen molar-refractivity contribution in [2.24, 2.45) is 0 Å². The second-order valence-electron chi connectivity index (χ2n) is 6.32. The minimum absolute atomic E-state index is 0.0114. The molecular weight excluding hydrogens is 358 g/mol. The third-order valence-electron chi connectivity index (χ3n) is 4.40. The van der Waals surface area contributed by atoms with Crippen molar-refractivity contribution in [3.8, 4) is 0 Å². The van der Waals surface area contributed by atoms with E-state index in [1.54, 1.807) is 32.2 Å². The van der Waals surface area contributed by atoms with Crippen LogP contribution in [0, 0.1) is 10.1 Å². The molecule has 0 fully saturated rings. The first-order valence-corrected chi connectivity index (χ1v) is 8.89. The highest BCUT2D eigenvalue weighted by Gasteiger charge is 2.19. The standard InChI is InChI=1S/C21H23N3O4/c1-16(18-9-6-10-19(15-18)24(27)28)23(2)21(26)13-14-22-20(25)12-11-17-7-4-3-5-8-17/h3-12,15-16H,13-14H2,1-2H3,(H,22,25). The first kappa shape index (κ1) is 20.8. The zero-order valence-corrected chi connectivity index (χ0v) is 15.9. The number of hydrogen-bond donors (Lipinski definition) is 1. The monoisotopic (exact) mass is 381 g/mol. The molecule has 146 valence electrons. The van der Waals surface area contributed by atoms with E-state index in [0.29, 0.717) is 5.56 Å². The summed E-state index contributed by atoms with van der Waals surface area (Å²) in [7, 11) is 1.64. The minimum atomic E-state index is -0.462. The van der Waals surface area contributed by atoms with E-state index in [2.05, 4.69) is 5.32 Å². The Morgan fingerprint density at radius 2 is 1.89 bits per heavy atom. The highest BCUT2D eigenvalue weighted by molar-refractivity contribution is 5.92. The van der Waals surface area contributed by atoms with E-state index in [-0.39, 0.29) is 36.5 Å². The SMILES string of the molecule is CC(c1cccc([N+](=O)[O-])c1)N(C)C(=O)CCNC(=O)C=Cc1ccccc1. The van der Waals surface area contributed by atoms with Gasteiger partial charge in [-0.15, -0.1) is 0 Å². The van der Waals surface area contributed by atoms with Crippen molar-refractivity contribution < 1.29 is 14.5 Å². The van der Waals surface area contributed by atoms with Gasteiger partial charge in [0.2, 0.25) is 11.8 Å². The van der Waals surface area contributed by atoms with Crippen LogP contribution >= 0.6 is 0 Å². The molecule has 2 rings (SSSR count). The lowest BCUT2D eigenvalue weighted by molar-refractivity contribution is -0.384. The predicted octanol–water partition coefficient (Wildman–Crippen LogP) is 3.33. The molecule has 1 unspecified atom stereocenters. The number of rotatable bonds is 8. The molecule has 0 bridgehead atoms. The molecule has 0 aromatic heterocycles. The Kier molecular flexibility index (Phi) is 7.45. The third-order valence-corrected chi connectivity index (χ3v) is 4.40. The summed E-state index contributed by atoms with van der Waals surface area (Å²) < 4.78 is 0. The van der Waals surface area contributed by atoms with Crippen molar-refractivity contribution in [2.45, 2.75) is 19.4 Å². The number of amides is 2. The van der Waals surface area contributed by atoms with Crippen molar-refractivity contribution in [1.82, 2.24) is 10.2 Å². The van der Waals surface area contributed by atoms with Crippen molar-refractivity contribution in [2.75, 3.05) is 13.6 Å². The fraction of sp³-hybridized carbons (Fsp3) is 0.238. The van der Waals surface area contributed by atoms with E-state index in [1.807, 2.05) is 30.3 Å². The van der Waals surface area contributed by atoms with Crippen LogP contribution in [0.5, 0.6) is 0 Å². The average molecular weight is 381 g/mol. The highest BCUT2D eigenvalue weighted by Crippen LogP contribution is 2.23. The van der Waals surface area contributed by atoms with E-state index >= 15 is 0 Å². The van der Waals surface area contributed by atoms with E-state index in [9.17, 15) is 19.7 Å². The fourth-order valence-corrected chi connectivity index (χ4v) is 2.60. The topological polar surface area (TPSA) is 92.6 Å². The summed E-state index contributed by atoms with van der Waals surface area (Å²) in [5.74, 6) is -0.433. The van der Waals surface area contributed by atoms with Crippen LogP contribution in [-0.4, -0.2) is 35.2 Å². The van der Waals surface area contributed by atoms with Crippen LogP contribution in [0.25, 0.3) is 6.08 Å². The molecule has 0 aliphatic rings. The number of nitro groups is 1. The van der Waals surface area contributed by atoms with Gasteiger partial charge >= 0.3 is 0 Å². The van der Waals surface area contributed by atoms with Gasteiger partial charge in [-0.1, -0.05) is 42.5 Å². The number of nitrogens with zero attached hydrogens (tertiary/aromatic N) is 2. The van der Waals surface area contributed by atoms with Crippen LogP contribution < -0.4 is 5.32 Å². The van der Waals surface area contributed by atoms with Crippen LogP contribution in [0.3, 0.4) is 0 Å². The van der Waals surface area contributed by atoms with Crippen molar-refractivity contribution in [3.05, 3.63) is 81.9 Å². The quantitative estimate of drug-likeness (QED) is 0.431. The molecule has 28 heavy (non-hydrogen) atoms. The lowest BCUT2D eigenvalue weighted by Crippen LogP contribution is -2.33. The molecule has 0 spiro atoms. The molecule has 1 atom stereocenters. The van der Waals surface area contributed by atoms with Gasteiger partial charge in [0.25, 0.3) is 5.69 Å². The van der Waals surface area contributed by atoms with Gasteiger partial charge < -0.3 is 10.2 Å². The maximum Gasteiger partial charge on any atom is 0.269 e. The minimum Gasteiger partial charge on any atom is -0.352 e. The zero-order valence-electron chi connectivity index (χ0n) is 15.9. The van der Waals surface area contributed by atoms with E-state index in [4.69, 9.17) is 0 Å². The van der Waals surface area contributed by atoms with Crippen LogP contribution in [0.4, 0.5) is 5.69 Å². The molecule has 0 radical (unpaired) electrons. The summed E-state index contributed by atoms with van der Waals surface area (Å²) >= 11 is 0. The van der Waals surface area contributed by atoms with E-state index in [0.717, 1.165) is 5.56 Å². The first-order chi connectivity index (χ1) is 13.4. The van der Waals surface area contributed by atoms with Gasteiger partial charge in [-0.05, 0) is 24.1 Å². The lowest BCUT2D eigenvalue weighted by atomic mass is 10.1.